The molecule has 0 aliphatic carbocycles. The first-order valence-electron chi connectivity index (χ1n) is 5.78. The number of rotatable bonds is 2. The smallest absolute Gasteiger partial charge is 0.227 e. The van der Waals surface area contributed by atoms with Gasteiger partial charge in [-0.15, -0.1) is 0 Å². The first kappa shape index (κ1) is 12.2. The van der Waals surface area contributed by atoms with Gasteiger partial charge in [0.15, 0.2) is 0 Å². The number of hydrogen-bond acceptors (Lipinski definition) is 2. The monoisotopic (exact) mass is 253 g/mol. The highest BCUT2D eigenvalue weighted by Gasteiger charge is 2.23. The Morgan fingerprint density at radius 3 is 2.76 bits per heavy atom. The Labute approximate surface area is 106 Å². The lowest BCUT2D eigenvalue weighted by molar-refractivity contribution is -0.119. The van der Waals surface area contributed by atoms with E-state index in [0.29, 0.717) is 17.2 Å². The van der Waals surface area contributed by atoms with Crippen molar-refractivity contribution in [2.24, 2.45) is 0 Å². The highest BCUT2D eigenvalue weighted by molar-refractivity contribution is 6.31. The molecule has 0 unspecified atom stereocenters. The van der Waals surface area contributed by atoms with Crippen molar-refractivity contribution in [2.45, 2.75) is 26.2 Å². The molecule has 4 heteroatoms. The lowest BCUT2D eigenvalue weighted by Gasteiger charge is -2.28. The van der Waals surface area contributed by atoms with E-state index in [9.17, 15) is 4.79 Å². The minimum atomic E-state index is 0.163. The molecule has 1 saturated heterocycles. The number of anilines is 1. The predicted octanol–water partition coefficient (Wildman–Crippen LogP) is 3.17. The van der Waals surface area contributed by atoms with Gasteiger partial charge < -0.3 is 9.64 Å². The highest BCUT2D eigenvalue weighted by atomic mass is 35.5. The second-order valence-corrected chi connectivity index (χ2v) is 4.68. The zero-order valence-electron chi connectivity index (χ0n) is 10.1. The van der Waals surface area contributed by atoms with Gasteiger partial charge in [0.1, 0.15) is 5.75 Å². The third-order valence-electron chi connectivity index (χ3n) is 3.07. The molecular formula is C13H16ClNO2. The van der Waals surface area contributed by atoms with Gasteiger partial charge in [0.2, 0.25) is 5.91 Å². The number of carbonyl (C=O) groups is 1. The molecule has 0 saturated carbocycles. The van der Waals surface area contributed by atoms with Crippen LogP contribution in [0.2, 0.25) is 5.02 Å². The number of piperidine rings is 1. The zero-order valence-corrected chi connectivity index (χ0v) is 10.9. The van der Waals surface area contributed by atoms with Crippen LogP contribution in [0.15, 0.2) is 12.1 Å². The minimum Gasteiger partial charge on any atom is -0.495 e. The zero-order chi connectivity index (χ0) is 12.4. The number of halogens is 1. The molecule has 17 heavy (non-hydrogen) atoms. The maximum atomic E-state index is 11.9. The Hall–Kier alpha value is -1.22. The van der Waals surface area contributed by atoms with Crippen molar-refractivity contribution in [1.29, 1.82) is 0 Å². The third-order valence-corrected chi connectivity index (χ3v) is 3.48. The van der Waals surface area contributed by atoms with Gasteiger partial charge >= 0.3 is 0 Å². The van der Waals surface area contributed by atoms with Crippen molar-refractivity contribution < 1.29 is 9.53 Å². The van der Waals surface area contributed by atoms with E-state index in [4.69, 9.17) is 16.3 Å². The SMILES string of the molecule is COc1cc(Cl)c(C)cc1N1CCCCC1=O. The van der Waals surface area contributed by atoms with Crippen LogP contribution in [0.5, 0.6) is 5.75 Å². The Balaban J connectivity index is 2.42. The quantitative estimate of drug-likeness (QED) is 0.810. The fraction of sp³-hybridized carbons (Fsp3) is 0.462. The van der Waals surface area contributed by atoms with Crippen molar-refractivity contribution in [3.05, 3.63) is 22.7 Å². The molecule has 0 atom stereocenters. The van der Waals surface area contributed by atoms with E-state index in [1.807, 2.05) is 13.0 Å². The summed E-state index contributed by atoms with van der Waals surface area (Å²) in [6.45, 7) is 2.69. The maximum Gasteiger partial charge on any atom is 0.227 e. The molecule has 2 rings (SSSR count). The second-order valence-electron chi connectivity index (χ2n) is 4.28. The van der Waals surface area contributed by atoms with E-state index in [-0.39, 0.29) is 5.91 Å². The molecule has 1 amide bonds. The van der Waals surface area contributed by atoms with Crippen molar-refractivity contribution in [1.82, 2.24) is 0 Å². The summed E-state index contributed by atoms with van der Waals surface area (Å²) in [6.07, 6.45) is 2.63. The van der Waals surface area contributed by atoms with E-state index in [1.165, 1.54) is 0 Å². The van der Waals surface area contributed by atoms with Crippen LogP contribution in [0.1, 0.15) is 24.8 Å². The Kier molecular flexibility index (Phi) is 3.57. The molecule has 0 N–H and O–H groups in total. The van der Waals surface area contributed by atoms with Crippen molar-refractivity contribution in [2.75, 3.05) is 18.6 Å². The number of methoxy groups -OCH3 is 1. The summed E-state index contributed by atoms with van der Waals surface area (Å²) in [5.74, 6) is 0.826. The summed E-state index contributed by atoms with van der Waals surface area (Å²) in [6, 6.07) is 3.69. The summed E-state index contributed by atoms with van der Waals surface area (Å²) in [5, 5.41) is 0.662. The standard InChI is InChI=1S/C13H16ClNO2/c1-9-7-11(12(17-2)8-10(9)14)15-6-4-3-5-13(15)16/h7-8H,3-6H2,1-2H3. The number of ether oxygens (including phenoxy) is 1. The lowest BCUT2D eigenvalue weighted by Crippen LogP contribution is -2.35. The molecule has 1 fully saturated rings. The molecular weight excluding hydrogens is 238 g/mol. The molecule has 0 aromatic heterocycles. The number of benzene rings is 1. The van der Waals surface area contributed by atoms with Gasteiger partial charge in [-0.05, 0) is 31.4 Å². The van der Waals surface area contributed by atoms with Gasteiger partial charge in [0, 0.05) is 24.1 Å². The summed E-state index contributed by atoms with van der Waals surface area (Å²) >= 11 is 6.06. The first-order chi connectivity index (χ1) is 8.13. The predicted molar refractivity (Wildman–Crippen MR) is 68.9 cm³/mol. The molecule has 0 bridgehead atoms. The van der Waals surface area contributed by atoms with Gasteiger partial charge in [-0.1, -0.05) is 11.6 Å². The molecule has 1 aliphatic heterocycles. The van der Waals surface area contributed by atoms with Crippen molar-refractivity contribution in [3.8, 4) is 5.75 Å². The van der Waals surface area contributed by atoms with E-state index in [0.717, 1.165) is 30.6 Å². The molecule has 1 aliphatic rings. The average molecular weight is 254 g/mol. The fourth-order valence-corrected chi connectivity index (χ4v) is 2.24. The van der Waals surface area contributed by atoms with Crippen LogP contribution in [0.4, 0.5) is 5.69 Å². The first-order valence-corrected chi connectivity index (χ1v) is 6.16. The Bertz CT molecular complexity index is 445. The Morgan fingerprint density at radius 2 is 2.12 bits per heavy atom. The Morgan fingerprint density at radius 1 is 1.35 bits per heavy atom. The minimum absolute atomic E-state index is 0.163. The second kappa shape index (κ2) is 4.96. The lowest BCUT2D eigenvalue weighted by atomic mass is 10.1. The molecule has 0 spiro atoms. The summed E-state index contributed by atoms with van der Waals surface area (Å²) in [7, 11) is 1.60. The molecule has 0 radical (unpaired) electrons. The van der Waals surface area contributed by atoms with Crippen LogP contribution < -0.4 is 9.64 Å². The molecule has 3 nitrogen and oxygen atoms in total. The number of aryl methyl sites for hydroxylation is 1. The maximum absolute atomic E-state index is 11.9. The van der Waals surface area contributed by atoms with Crippen LogP contribution in [-0.2, 0) is 4.79 Å². The topological polar surface area (TPSA) is 29.5 Å². The van der Waals surface area contributed by atoms with Gasteiger partial charge in [-0.2, -0.15) is 0 Å². The van der Waals surface area contributed by atoms with Crippen molar-refractivity contribution in [3.63, 3.8) is 0 Å². The molecule has 1 aromatic rings. The third kappa shape index (κ3) is 2.39. The number of hydrogen-bond donors (Lipinski definition) is 0. The summed E-state index contributed by atoms with van der Waals surface area (Å²) < 4.78 is 5.30. The van der Waals surface area contributed by atoms with E-state index in [2.05, 4.69) is 0 Å². The normalized spacial score (nSPS) is 16.2. The van der Waals surface area contributed by atoms with Crippen LogP contribution >= 0.6 is 11.6 Å². The fourth-order valence-electron chi connectivity index (χ4n) is 2.08. The van der Waals surface area contributed by atoms with Crippen molar-refractivity contribution >= 4 is 23.2 Å². The number of amides is 1. The van der Waals surface area contributed by atoms with Gasteiger partial charge in [-0.25, -0.2) is 0 Å². The highest BCUT2D eigenvalue weighted by Crippen LogP contribution is 2.35. The summed E-state index contributed by atoms with van der Waals surface area (Å²) in [4.78, 5) is 13.7. The molecule has 1 aromatic carbocycles. The number of carbonyl (C=O) groups excluding carboxylic acids is 1. The molecule has 1 heterocycles. The van der Waals surface area contributed by atoms with Gasteiger partial charge in [-0.3, -0.25) is 4.79 Å². The molecule has 92 valence electrons. The van der Waals surface area contributed by atoms with Crippen LogP contribution in [0.25, 0.3) is 0 Å². The van der Waals surface area contributed by atoms with E-state index < -0.39 is 0 Å². The van der Waals surface area contributed by atoms with E-state index in [1.54, 1.807) is 18.1 Å². The van der Waals surface area contributed by atoms with Gasteiger partial charge in [0.05, 0.1) is 12.8 Å². The number of nitrogens with zero attached hydrogens (tertiary/aromatic N) is 1. The summed E-state index contributed by atoms with van der Waals surface area (Å²) in [5.41, 5.74) is 1.79. The largest absolute Gasteiger partial charge is 0.495 e. The average Bonchev–Trinajstić information content (AvgIpc) is 2.33. The van der Waals surface area contributed by atoms with E-state index >= 15 is 0 Å². The van der Waals surface area contributed by atoms with Gasteiger partial charge in [0.25, 0.3) is 0 Å². The van der Waals surface area contributed by atoms with Crippen LogP contribution in [0, 0.1) is 6.92 Å². The van der Waals surface area contributed by atoms with Crippen LogP contribution in [0.3, 0.4) is 0 Å². The van der Waals surface area contributed by atoms with Crippen LogP contribution in [-0.4, -0.2) is 19.6 Å².